The third-order valence-electron chi connectivity index (χ3n) is 5.13. The normalized spacial score (nSPS) is 17.3. The van der Waals surface area contributed by atoms with Crippen LogP contribution in [0.15, 0.2) is 18.2 Å². The summed E-state index contributed by atoms with van der Waals surface area (Å²) in [5.41, 5.74) is 0.704. The van der Waals surface area contributed by atoms with Crippen LogP contribution >= 0.6 is 0 Å². The van der Waals surface area contributed by atoms with Gasteiger partial charge in [0.25, 0.3) is 0 Å². The number of fused-ring (bicyclic) bond motifs is 1. The van der Waals surface area contributed by atoms with Gasteiger partial charge in [-0.25, -0.2) is 0 Å². The van der Waals surface area contributed by atoms with Gasteiger partial charge in [0, 0.05) is 30.8 Å². The second-order valence-corrected chi connectivity index (χ2v) is 6.90. The largest absolute Gasteiger partial charge is 0.480 e. The maximum absolute atomic E-state index is 12.2. The molecule has 0 spiro atoms. The van der Waals surface area contributed by atoms with Gasteiger partial charge in [0.2, 0.25) is 12.7 Å². The Kier molecular flexibility index (Phi) is 6.52. The summed E-state index contributed by atoms with van der Waals surface area (Å²) in [4.78, 5) is 27.5. The van der Waals surface area contributed by atoms with Crippen molar-refractivity contribution in [1.82, 2.24) is 9.80 Å². The average Bonchev–Trinajstić information content (AvgIpc) is 3.12. The fraction of sp³-hybridized carbons (Fsp3) is 0.579. The number of anilines is 1. The zero-order chi connectivity index (χ0) is 19.2. The van der Waals surface area contributed by atoms with Crippen LogP contribution in [0.2, 0.25) is 0 Å². The van der Waals surface area contributed by atoms with Crippen molar-refractivity contribution in [1.29, 1.82) is 0 Å². The van der Waals surface area contributed by atoms with E-state index in [4.69, 9.17) is 14.6 Å². The van der Waals surface area contributed by atoms with Crippen molar-refractivity contribution in [2.45, 2.75) is 32.2 Å². The molecule has 0 radical (unpaired) electrons. The molecule has 3 rings (SSSR count). The quantitative estimate of drug-likeness (QED) is 0.711. The topological polar surface area (TPSA) is 91.3 Å². The van der Waals surface area contributed by atoms with E-state index < -0.39 is 5.97 Å². The van der Waals surface area contributed by atoms with E-state index in [0.29, 0.717) is 36.2 Å². The van der Waals surface area contributed by atoms with E-state index in [-0.39, 0.29) is 19.2 Å². The molecule has 8 heteroatoms. The molecule has 2 aliphatic heterocycles. The van der Waals surface area contributed by atoms with Gasteiger partial charge in [-0.15, -0.1) is 0 Å². The summed E-state index contributed by atoms with van der Waals surface area (Å²) in [6, 6.07) is 5.68. The number of hydrogen-bond donors (Lipinski definition) is 2. The number of carboxylic acid groups (broad SMARTS) is 1. The third-order valence-corrected chi connectivity index (χ3v) is 5.13. The number of rotatable bonds is 8. The molecule has 27 heavy (non-hydrogen) atoms. The Bertz CT molecular complexity index is 673. The van der Waals surface area contributed by atoms with Gasteiger partial charge in [-0.05, 0) is 44.6 Å². The van der Waals surface area contributed by atoms with E-state index in [1.807, 2.05) is 11.8 Å². The van der Waals surface area contributed by atoms with E-state index in [2.05, 4.69) is 10.2 Å². The molecule has 2 N–H and O–H groups in total. The van der Waals surface area contributed by atoms with Crippen molar-refractivity contribution >= 4 is 17.6 Å². The minimum atomic E-state index is -0.778. The van der Waals surface area contributed by atoms with Gasteiger partial charge < -0.3 is 24.8 Å². The summed E-state index contributed by atoms with van der Waals surface area (Å²) in [5.74, 6) is 0.535. The van der Waals surface area contributed by atoms with Crippen LogP contribution in [0.1, 0.15) is 26.2 Å². The summed E-state index contributed by atoms with van der Waals surface area (Å²) in [6.45, 7) is 5.53. The summed E-state index contributed by atoms with van der Waals surface area (Å²) >= 11 is 0. The lowest BCUT2D eigenvalue weighted by Gasteiger charge is -2.37. The Morgan fingerprint density at radius 1 is 1.26 bits per heavy atom. The molecule has 1 amide bonds. The van der Waals surface area contributed by atoms with E-state index in [1.165, 1.54) is 0 Å². The highest BCUT2D eigenvalue weighted by Crippen LogP contribution is 2.34. The van der Waals surface area contributed by atoms with Crippen LogP contribution in [-0.4, -0.2) is 72.3 Å². The van der Waals surface area contributed by atoms with Crippen molar-refractivity contribution in [3.8, 4) is 11.5 Å². The molecule has 0 atom stereocenters. The number of amides is 1. The molecule has 0 saturated carbocycles. The highest BCUT2D eigenvalue weighted by Gasteiger charge is 2.25. The van der Waals surface area contributed by atoms with Crippen LogP contribution in [0, 0.1) is 0 Å². The second-order valence-electron chi connectivity index (χ2n) is 6.90. The number of piperidine rings is 1. The standard InChI is InChI=1S/C19H27N3O5/c1-2-22(12-19(24)25)15-5-8-21(9-6-15)10-7-18(23)20-14-3-4-16-17(11-14)27-13-26-16/h3-4,11,15H,2,5-10,12-13H2,1H3,(H,20,23)(H,24,25). The number of hydrogen-bond acceptors (Lipinski definition) is 6. The van der Waals surface area contributed by atoms with Gasteiger partial charge in [0.1, 0.15) is 0 Å². The Balaban J connectivity index is 1.39. The monoisotopic (exact) mass is 377 g/mol. The Labute approximate surface area is 159 Å². The molecule has 1 fully saturated rings. The summed E-state index contributed by atoms with van der Waals surface area (Å²) < 4.78 is 10.6. The SMILES string of the molecule is CCN(CC(=O)O)C1CCN(CCC(=O)Nc2ccc3c(c2)OCO3)CC1. The van der Waals surface area contributed by atoms with Gasteiger partial charge in [-0.3, -0.25) is 14.5 Å². The number of nitrogens with one attached hydrogen (secondary N) is 1. The van der Waals surface area contributed by atoms with Crippen molar-refractivity contribution in [3.05, 3.63) is 18.2 Å². The van der Waals surface area contributed by atoms with Crippen LogP contribution in [-0.2, 0) is 9.59 Å². The van der Waals surface area contributed by atoms with E-state index in [1.54, 1.807) is 18.2 Å². The lowest BCUT2D eigenvalue weighted by Crippen LogP contribution is -2.47. The smallest absolute Gasteiger partial charge is 0.317 e. The number of likely N-dealkylation sites (N-methyl/N-ethyl adjacent to an activating group) is 1. The van der Waals surface area contributed by atoms with Gasteiger partial charge in [-0.2, -0.15) is 0 Å². The van der Waals surface area contributed by atoms with Gasteiger partial charge in [0.05, 0.1) is 6.54 Å². The van der Waals surface area contributed by atoms with Crippen molar-refractivity contribution in [2.75, 3.05) is 44.8 Å². The number of ether oxygens (including phenoxy) is 2. The number of carboxylic acids is 1. The zero-order valence-corrected chi connectivity index (χ0v) is 15.6. The number of carbonyl (C=O) groups is 2. The summed E-state index contributed by atoms with van der Waals surface area (Å²) in [5, 5.41) is 11.9. The summed E-state index contributed by atoms with van der Waals surface area (Å²) in [7, 11) is 0. The van der Waals surface area contributed by atoms with Crippen molar-refractivity contribution in [3.63, 3.8) is 0 Å². The molecular weight excluding hydrogens is 350 g/mol. The van der Waals surface area contributed by atoms with Gasteiger partial charge in [-0.1, -0.05) is 6.92 Å². The first-order valence-corrected chi connectivity index (χ1v) is 9.43. The number of nitrogens with zero attached hydrogens (tertiary/aromatic N) is 2. The molecule has 0 aromatic heterocycles. The fourth-order valence-corrected chi connectivity index (χ4v) is 3.64. The van der Waals surface area contributed by atoms with Crippen LogP contribution in [0.5, 0.6) is 11.5 Å². The Morgan fingerprint density at radius 3 is 2.70 bits per heavy atom. The Hall–Kier alpha value is -2.32. The first-order valence-electron chi connectivity index (χ1n) is 9.43. The summed E-state index contributed by atoms with van der Waals surface area (Å²) in [6.07, 6.45) is 2.29. The predicted molar refractivity (Wildman–Crippen MR) is 100 cm³/mol. The van der Waals surface area contributed by atoms with Crippen molar-refractivity contribution in [2.24, 2.45) is 0 Å². The third kappa shape index (κ3) is 5.33. The van der Waals surface area contributed by atoms with E-state index in [0.717, 1.165) is 32.5 Å². The van der Waals surface area contributed by atoms with Crippen LogP contribution in [0.3, 0.4) is 0 Å². The van der Waals surface area contributed by atoms with Gasteiger partial charge in [0.15, 0.2) is 11.5 Å². The van der Waals surface area contributed by atoms with E-state index in [9.17, 15) is 9.59 Å². The maximum atomic E-state index is 12.2. The molecule has 2 heterocycles. The lowest BCUT2D eigenvalue weighted by molar-refractivity contribution is -0.139. The lowest BCUT2D eigenvalue weighted by atomic mass is 10.0. The maximum Gasteiger partial charge on any atom is 0.317 e. The van der Waals surface area contributed by atoms with Crippen LogP contribution < -0.4 is 14.8 Å². The number of likely N-dealkylation sites (tertiary alicyclic amines) is 1. The predicted octanol–water partition coefficient (Wildman–Crippen LogP) is 1.61. The number of benzene rings is 1. The fourth-order valence-electron chi connectivity index (χ4n) is 3.64. The van der Waals surface area contributed by atoms with Crippen molar-refractivity contribution < 1.29 is 24.2 Å². The molecule has 8 nitrogen and oxygen atoms in total. The zero-order valence-electron chi connectivity index (χ0n) is 15.6. The highest BCUT2D eigenvalue weighted by atomic mass is 16.7. The number of carbonyl (C=O) groups excluding carboxylic acids is 1. The Morgan fingerprint density at radius 2 is 2.00 bits per heavy atom. The first kappa shape index (κ1) is 19.4. The molecular formula is C19H27N3O5. The van der Waals surface area contributed by atoms with Gasteiger partial charge >= 0.3 is 5.97 Å². The van der Waals surface area contributed by atoms with Crippen LogP contribution in [0.4, 0.5) is 5.69 Å². The molecule has 1 saturated heterocycles. The van der Waals surface area contributed by atoms with Crippen LogP contribution in [0.25, 0.3) is 0 Å². The second kappa shape index (κ2) is 9.05. The first-order chi connectivity index (χ1) is 13.0. The highest BCUT2D eigenvalue weighted by molar-refractivity contribution is 5.91. The minimum absolute atomic E-state index is 0.0305. The minimum Gasteiger partial charge on any atom is -0.480 e. The van der Waals surface area contributed by atoms with E-state index >= 15 is 0 Å². The molecule has 0 aliphatic carbocycles. The molecule has 1 aromatic carbocycles. The molecule has 0 unspecified atom stereocenters. The molecule has 2 aliphatic rings. The average molecular weight is 377 g/mol. The molecule has 0 bridgehead atoms. The molecule has 1 aromatic rings. The number of aliphatic carboxylic acids is 1. The molecule has 148 valence electrons.